The second kappa shape index (κ2) is 5.34. The molecule has 0 aliphatic heterocycles. The molecule has 0 aliphatic rings. The van der Waals surface area contributed by atoms with Gasteiger partial charge in [0.05, 0.1) is 12.9 Å². The lowest BCUT2D eigenvalue weighted by Crippen LogP contribution is -2.17. The predicted molar refractivity (Wildman–Crippen MR) is 66.7 cm³/mol. The van der Waals surface area contributed by atoms with E-state index in [9.17, 15) is 0 Å². The van der Waals surface area contributed by atoms with Crippen molar-refractivity contribution in [3.63, 3.8) is 0 Å². The number of aliphatic hydroxyl groups is 1. The van der Waals surface area contributed by atoms with Crippen molar-refractivity contribution in [1.29, 1.82) is 0 Å². The van der Waals surface area contributed by atoms with Gasteiger partial charge in [0.2, 0.25) is 0 Å². The Balaban J connectivity index is 0.00000128. The van der Waals surface area contributed by atoms with Crippen molar-refractivity contribution in [2.45, 2.75) is 26.0 Å². The average molecular weight is 242 g/mol. The first-order chi connectivity index (χ1) is 7.20. The van der Waals surface area contributed by atoms with Gasteiger partial charge in [-0.1, -0.05) is 0 Å². The summed E-state index contributed by atoms with van der Waals surface area (Å²) in [5.41, 5.74) is 8.62. The van der Waals surface area contributed by atoms with Gasteiger partial charge >= 0.3 is 0 Å². The van der Waals surface area contributed by atoms with E-state index in [4.69, 9.17) is 15.3 Å². The molecule has 2 rings (SSSR count). The first-order valence-corrected chi connectivity index (χ1v) is 5.06. The predicted octanol–water partition coefficient (Wildman–Crippen LogP) is 2.24. The standard InChI is InChI=1S/C12H15NO2.ClH/c1-8(13)4-11-6-9(7-14)5-10-2-3-15-12(10)11;/h2-3,5-6,8,14H,4,7,13H2,1H3;1H. The summed E-state index contributed by atoms with van der Waals surface area (Å²) in [6.45, 7) is 2.01. The van der Waals surface area contributed by atoms with Crippen LogP contribution in [0.5, 0.6) is 0 Å². The highest BCUT2D eigenvalue weighted by Gasteiger charge is 2.08. The zero-order valence-corrected chi connectivity index (χ0v) is 9.96. The van der Waals surface area contributed by atoms with Gasteiger partial charge in [-0.25, -0.2) is 0 Å². The summed E-state index contributed by atoms with van der Waals surface area (Å²) in [5.74, 6) is 0. The van der Waals surface area contributed by atoms with Crippen LogP contribution in [0.2, 0.25) is 0 Å². The summed E-state index contributed by atoms with van der Waals surface area (Å²) in [7, 11) is 0. The third-order valence-corrected chi connectivity index (χ3v) is 2.41. The minimum Gasteiger partial charge on any atom is -0.464 e. The molecule has 0 fully saturated rings. The Morgan fingerprint density at radius 1 is 1.44 bits per heavy atom. The smallest absolute Gasteiger partial charge is 0.137 e. The monoisotopic (exact) mass is 241 g/mol. The molecule has 3 nitrogen and oxygen atoms in total. The summed E-state index contributed by atoms with van der Waals surface area (Å²) in [6.07, 6.45) is 2.42. The second-order valence-corrected chi connectivity index (χ2v) is 3.93. The Hall–Kier alpha value is -1.03. The number of furan rings is 1. The fraction of sp³-hybridized carbons (Fsp3) is 0.333. The fourth-order valence-corrected chi connectivity index (χ4v) is 1.81. The minimum atomic E-state index is 0. The maximum atomic E-state index is 9.13. The maximum absolute atomic E-state index is 9.13. The van der Waals surface area contributed by atoms with Gasteiger partial charge in [-0.3, -0.25) is 0 Å². The molecule has 16 heavy (non-hydrogen) atoms. The van der Waals surface area contributed by atoms with Crippen LogP contribution < -0.4 is 5.73 Å². The van der Waals surface area contributed by atoms with Crippen LogP contribution in [-0.2, 0) is 13.0 Å². The third kappa shape index (κ3) is 2.55. The number of halogens is 1. The zero-order chi connectivity index (χ0) is 10.8. The SMILES string of the molecule is CC(N)Cc1cc(CO)cc2ccoc12.Cl. The molecule has 1 atom stereocenters. The van der Waals surface area contributed by atoms with Crippen LogP contribution >= 0.6 is 12.4 Å². The molecule has 2 aromatic rings. The minimum absolute atomic E-state index is 0. The number of hydrogen-bond acceptors (Lipinski definition) is 3. The molecular weight excluding hydrogens is 226 g/mol. The van der Waals surface area contributed by atoms with Crippen molar-refractivity contribution in [3.05, 3.63) is 35.6 Å². The van der Waals surface area contributed by atoms with Crippen LogP contribution in [0.15, 0.2) is 28.9 Å². The molecule has 1 aromatic carbocycles. The molecule has 1 unspecified atom stereocenters. The maximum Gasteiger partial charge on any atom is 0.137 e. The number of nitrogens with two attached hydrogens (primary N) is 1. The molecule has 0 saturated carbocycles. The summed E-state index contributed by atoms with van der Waals surface area (Å²) < 4.78 is 5.41. The fourth-order valence-electron chi connectivity index (χ4n) is 1.81. The number of aliphatic hydroxyl groups excluding tert-OH is 1. The van der Waals surface area contributed by atoms with Crippen molar-refractivity contribution in [2.75, 3.05) is 0 Å². The lowest BCUT2D eigenvalue weighted by atomic mass is 10.0. The van der Waals surface area contributed by atoms with E-state index in [-0.39, 0.29) is 25.1 Å². The Kier molecular flexibility index (Phi) is 4.35. The number of fused-ring (bicyclic) bond motifs is 1. The second-order valence-electron chi connectivity index (χ2n) is 3.93. The third-order valence-electron chi connectivity index (χ3n) is 2.41. The number of hydrogen-bond donors (Lipinski definition) is 2. The van der Waals surface area contributed by atoms with Gasteiger partial charge < -0.3 is 15.3 Å². The van der Waals surface area contributed by atoms with Gasteiger partial charge in [0.25, 0.3) is 0 Å². The Labute approximate surface area is 101 Å². The zero-order valence-electron chi connectivity index (χ0n) is 9.14. The van der Waals surface area contributed by atoms with E-state index in [2.05, 4.69) is 0 Å². The summed E-state index contributed by atoms with van der Waals surface area (Å²) in [6, 6.07) is 5.88. The molecule has 0 spiro atoms. The van der Waals surface area contributed by atoms with E-state index in [1.54, 1.807) is 6.26 Å². The molecule has 0 saturated heterocycles. The van der Waals surface area contributed by atoms with E-state index in [0.717, 1.165) is 28.5 Å². The van der Waals surface area contributed by atoms with Crippen LogP contribution in [0.3, 0.4) is 0 Å². The first-order valence-electron chi connectivity index (χ1n) is 5.06. The Bertz CT molecular complexity index is 465. The van der Waals surface area contributed by atoms with Crippen LogP contribution in [0.25, 0.3) is 11.0 Å². The normalized spacial score (nSPS) is 12.4. The van der Waals surface area contributed by atoms with Crippen molar-refractivity contribution < 1.29 is 9.52 Å². The molecule has 0 bridgehead atoms. The van der Waals surface area contributed by atoms with E-state index < -0.39 is 0 Å². The van der Waals surface area contributed by atoms with Gasteiger partial charge in [0, 0.05) is 11.4 Å². The van der Waals surface area contributed by atoms with Crippen LogP contribution in [-0.4, -0.2) is 11.1 Å². The molecule has 88 valence electrons. The molecule has 0 amide bonds. The molecule has 4 heteroatoms. The van der Waals surface area contributed by atoms with E-state index in [1.165, 1.54) is 0 Å². The highest BCUT2D eigenvalue weighted by molar-refractivity contribution is 5.85. The van der Waals surface area contributed by atoms with Crippen molar-refractivity contribution in [1.82, 2.24) is 0 Å². The first kappa shape index (κ1) is 13.0. The van der Waals surface area contributed by atoms with Gasteiger partial charge in [0.15, 0.2) is 0 Å². The van der Waals surface area contributed by atoms with Gasteiger partial charge in [0.1, 0.15) is 5.58 Å². The highest BCUT2D eigenvalue weighted by atomic mass is 35.5. The Morgan fingerprint density at radius 3 is 2.81 bits per heavy atom. The van der Waals surface area contributed by atoms with Gasteiger partial charge in [-0.05, 0) is 42.7 Å². The number of benzene rings is 1. The largest absolute Gasteiger partial charge is 0.464 e. The molecule has 0 aliphatic carbocycles. The number of rotatable bonds is 3. The van der Waals surface area contributed by atoms with Crippen LogP contribution in [0, 0.1) is 0 Å². The quantitative estimate of drug-likeness (QED) is 0.867. The Morgan fingerprint density at radius 2 is 2.19 bits per heavy atom. The molecule has 1 heterocycles. The average Bonchev–Trinajstić information content (AvgIpc) is 2.64. The van der Waals surface area contributed by atoms with Crippen molar-refractivity contribution in [3.8, 4) is 0 Å². The topological polar surface area (TPSA) is 59.4 Å². The van der Waals surface area contributed by atoms with E-state index in [1.807, 2.05) is 25.1 Å². The van der Waals surface area contributed by atoms with Crippen molar-refractivity contribution >= 4 is 23.4 Å². The van der Waals surface area contributed by atoms with Gasteiger partial charge in [-0.2, -0.15) is 0 Å². The highest BCUT2D eigenvalue weighted by Crippen LogP contribution is 2.23. The van der Waals surface area contributed by atoms with Crippen molar-refractivity contribution in [2.24, 2.45) is 5.73 Å². The molecular formula is C12H16ClNO2. The van der Waals surface area contributed by atoms with Gasteiger partial charge in [-0.15, -0.1) is 12.4 Å². The lowest BCUT2D eigenvalue weighted by molar-refractivity contribution is 0.282. The summed E-state index contributed by atoms with van der Waals surface area (Å²) in [5, 5.41) is 10.2. The van der Waals surface area contributed by atoms with Crippen LogP contribution in [0.1, 0.15) is 18.1 Å². The lowest BCUT2D eigenvalue weighted by Gasteiger charge is -2.07. The summed E-state index contributed by atoms with van der Waals surface area (Å²) >= 11 is 0. The molecule has 0 radical (unpaired) electrons. The van der Waals surface area contributed by atoms with Crippen LogP contribution in [0.4, 0.5) is 0 Å². The van der Waals surface area contributed by atoms with E-state index >= 15 is 0 Å². The molecule has 1 aromatic heterocycles. The van der Waals surface area contributed by atoms with E-state index in [0.29, 0.717) is 0 Å². The summed E-state index contributed by atoms with van der Waals surface area (Å²) in [4.78, 5) is 0. The molecule has 3 N–H and O–H groups in total.